The zero-order chi connectivity index (χ0) is 15.0. The van der Waals surface area contributed by atoms with Gasteiger partial charge in [0.05, 0.1) is 6.10 Å². The number of hydrogen-bond acceptors (Lipinski definition) is 3. The lowest BCUT2D eigenvalue weighted by Gasteiger charge is -2.16. The average Bonchev–Trinajstić information content (AvgIpc) is 2.43. The first-order valence-electron chi connectivity index (χ1n) is 6.96. The fourth-order valence-electron chi connectivity index (χ4n) is 1.65. The van der Waals surface area contributed by atoms with Crippen molar-refractivity contribution in [1.29, 1.82) is 0 Å². The van der Waals surface area contributed by atoms with Gasteiger partial charge in [0.25, 0.3) is 0 Å². The molecule has 112 valence electrons. The minimum Gasteiger partial charge on any atom is -0.378 e. The number of hydrogen-bond donors (Lipinski definition) is 2. The van der Waals surface area contributed by atoms with Crippen LogP contribution in [0.5, 0.6) is 0 Å². The molecule has 1 aromatic carbocycles. The van der Waals surface area contributed by atoms with Gasteiger partial charge in [-0.2, -0.15) is 0 Å². The first kappa shape index (κ1) is 16.3. The lowest BCUT2D eigenvalue weighted by molar-refractivity contribution is 0.0682. The molecule has 0 aliphatic carbocycles. The second-order valence-electron chi connectivity index (χ2n) is 4.96. The third kappa shape index (κ3) is 5.93. The van der Waals surface area contributed by atoms with Crippen molar-refractivity contribution < 1.29 is 9.53 Å². The van der Waals surface area contributed by atoms with E-state index in [9.17, 15) is 4.79 Å². The highest BCUT2D eigenvalue weighted by Gasteiger charge is 2.06. The van der Waals surface area contributed by atoms with Gasteiger partial charge in [-0.25, -0.2) is 4.79 Å². The number of amides is 2. The van der Waals surface area contributed by atoms with Crippen LogP contribution in [0.2, 0.25) is 0 Å². The molecule has 0 aromatic heterocycles. The van der Waals surface area contributed by atoms with E-state index in [1.165, 1.54) is 0 Å². The summed E-state index contributed by atoms with van der Waals surface area (Å²) < 4.78 is 5.49. The van der Waals surface area contributed by atoms with Gasteiger partial charge in [0.2, 0.25) is 0 Å². The van der Waals surface area contributed by atoms with Gasteiger partial charge in [-0.3, -0.25) is 0 Å². The summed E-state index contributed by atoms with van der Waals surface area (Å²) in [6, 6.07) is 7.48. The number of nitrogens with one attached hydrogen (secondary N) is 2. The van der Waals surface area contributed by atoms with E-state index in [-0.39, 0.29) is 12.1 Å². The zero-order valence-corrected chi connectivity index (χ0v) is 12.8. The van der Waals surface area contributed by atoms with Crippen molar-refractivity contribution in [1.82, 2.24) is 5.32 Å². The molecule has 0 heterocycles. The second kappa shape index (κ2) is 8.43. The molecule has 1 rings (SSSR count). The molecule has 0 aliphatic rings. The van der Waals surface area contributed by atoms with Gasteiger partial charge < -0.3 is 20.3 Å². The van der Waals surface area contributed by atoms with Gasteiger partial charge in [-0.05, 0) is 31.5 Å². The summed E-state index contributed by atoms with van der Waals surface area (Å²) in [5.74, 6) is 0. The number of rotatable bonds is 7. The maximum Gasteiger partial charge on any atom is 0.319 e. The Hall–Kier alpha value is -1.75. The molecule has 0 aliphatic heterocycles. The van der Waals surface area contributed by atoms with Crippen LogP contribution in [0.3, 0.4) is 0 Å². The van der Waals surface area contributed by atoms with E-state index < -0.39 is 0 Å². The van der Waals surface area contributed by atoms with E-state index in [0.717, 1.165) is 24.4 Å². The van der Waals surface area contributed by atoms with Crippen molar-refractivity contribution in [2.24, 2.45) is 0 Å². The molecule has 2 N–H and O–H groups in total. The number of urea groups is 1. The topological polar surface area (TPSA) is 53.6 Å². The van der Waals surface area contributed by atoms with Crippen LogP contribution in [0, 0.1) is 0 Å². The van der Waals surface area contributed by atoms with Crippen LogP contribution >= 0.6 is 0 Å². The Kier molecular flexibility index (Phi) is 6.87. The molecule has 0 bridgehead atoms. The summed E-state index contributed by atoms with van der Waals surface area (Å²) in [4.78, 5) is 13.8. The van der Waals surface area contributed by atoms with Crippen molar-refractivity contribution in [3.63, 3.8) is 0 Å². The standard InChI is InChI=1S/C15H25N3O2/c1-5-9-20-12(2)11-16-15(19)17-13-7-6-8-14(10-13)18(3)4/h6-8,10,12H,5,9,11H2,1-4H3,(H2,16,17,19)/t12-/m0/s1. The molecule has 0 fully saturated rings. The van der Waals surface area contributed by atoms with Crippen molar-refractivity contribution in [2.45, 2.75) is 26.4 Å². The first-order chi connectivity index (χ1) is 9.52. The fraction of sp³-hybridized carbons (Fsp3) is 0.533. The maximum absolute atomic E-state index is 11.8. The van der Waals surface area contributed by atoms with Crippen molar-refractivity contribution in [2.75, 3.05) is 37.5 Å². The summed E-state index contributed by atoms with van der Waals surface area (Å²) in [6.45, 7) is 5.22. The molecule has 0 spiro atoms. The van der Waals surface area contributed by atoms with Gasteiger partial charge >= 0.3 is 6.03 Å². The van der Waals surface area contributed by atoms with Gasteiger partial charge in [-0.15, -0.1) is 0 Å². The van der Waals surface area contributed by atoms with Gasteiger partial charge in [0, 0.05) is 38.6 Å². The van der Waals surface area contributed by atoms with Crippen LogP contribution in [0.15, 0.2) is 24.3 Å². The van der Waals surface area contributed by atoms with Crippen LogP contribution < -0.4 is 15.5 Å². The van der Waals surface area contributed by atoms with E-state index in [0.29, 0.717) is 6.54 Å². The van der Waals surface area contributed by atoms with E-state index in [4.69, 9.17) is 4.74 Å². The number of nitrogens with zero attached hydrogens (tertiary/aromatic N) is 1. The van der Waals surface area contributed by atoms with Gasteiger partial charge in [-0.1, -0.05) is 13.0 Å². The molecule has 2 amide bonds. The molecule has 1 aromatic rings. The Morgan fingerprint density at radius 2 is 2.15 bits per heavy atom. The van der Waals surface area contributed by atoms with Crippen molar-refractivity contribution >= 4 is 17.4 Å². The third-order valence-electron chi connectivity index (χ3n) is 2.78. The number of anilines is 2. The summed E-state index contributed by atoms with van der Waals surface area (Å²) in [5, 5.41) is 5.62. The summed E-state index contributed by atoms with van der Waals surface area (Å²) >= 11 is 0. The van der Waals surface area contributed by atoms with Crippen LogP contribution in [-0.4, -0.2) is 39.4 Å². The predicted molar refractivity (Wildman–Crippen MR) is 83.5 cm³/mol. The molecule has 0 saturated heterocycles. The van der Waals surface area contributed by atoms with E-state index in [1.54, 1.807) is 0 Å². The number of ether oxygens (including phenoxy) is 1. The van der Waals surface area contributed by atoms with E-state index >= 15 is 0 Å². The molecular formula is C15H25N3O2. The Morgan fingerprint density at radius 1 is 1.40 bits per heavy atom. The quantitative estimate of drug-likeness (QED) is 0.807. The minimum absolute atomic E-state index is 0.0220. The molecule has 0 unspecified atom stereocenters. The molecular weight excluding hydrogens is 254 g/mol. The molecule has 20 heavy (non-hydrogen) atoms. The highest BCUT2D eigenvalue weighted by Crippen LogP contribution is 2.16. The Balaban J connectivity index is 2.40. The highest BCUT2D eigenvalue weighted by atomic mass is 16.5. The number of carbonyl (C=O) groups excluding carboxylic acids is 1. The van der Waals surface area contributed by atoms with E-state index in [1.807, 2.05) is 50.2 Å². The van der Waals surface area contributed by atoms with Crippen LogP contribution in [0.1, 0.15) is 20.3 Å². The molecule has 0 radical (unpaired) electrons. The van der Waals surface area contributed by atoms with Crippen molar-refractivity contribution in [3.05, 3.63) is 24.3 Å². The average molecular weight is 279 g/mol. The Labute approximate surface area is 121 Å². The summed E-state index contributed by atoms with van der Waals surface area (Å²) in [5.41, 5.74) is 1.82. The van der Waals surface area contributed by atoms with Crippen LogP contribution in [0.25, 0.3) is 0 Å². The lowest BCUT2D eigenvalue weighted by Crippen LogP contribution is -2.35. The highest BCUT2D eigenvalue weighted by molar-refractivity contribution is 5.89. The Bertz CT molecular complexity index is 421. The predicted octanol–water partition coefficient (Wildman–Crippen LogP) is 2.69. The molecule has 5 nitrogen and oxygen atoms in total. The number of benzene rings is 1. The van der Waals surface area contributed by atoms with Crippen LogP contribution in [0.4, 0.5) is 16.2 Å². The van der Waals surface area contributed by atoms with Gasteiger partial charge in [0.1, 0.15) is 0 Å². The largest absolute Gasteiger partial charge is 0.378 e. The molecule has 0 saturated carbocycles. The molecule has 5 heteroatoms. The smallest absolute Gasteiger partial charge is 0.319 e. The third-order valence-corrected chi connectivity index (χ3v) is 2.78. The van der Waals surface area contributed by atoms with Crippen molar-refractivity contribution in [3.8, 4) is 0 Å². The second-order valence-corrected chi connectivity index (χ2v) is 4.96. The summed E-state index contributed by atoms with van der Waals surface area (Å²) in [6.07, 6.45) is 1.00. The zero-order valence-electron chi connectivity index (χ0n) is 12.8. The van der Waals surface area contributed by atoms with Crippen LogP contribution in [-0.2, 0) is 4.74 Å². The van der Waals surface area contributed by atoms with E-state index in [2.05, 4.69) is 17.6 Å². The van der Waals surface area contributed by atoms with Gasteiger partial charge in [0.15, 0.2) is 0 Å². The maximum atomic E-state index is 11.8. The Morgan fingerprint density at radius 3 is 2.80 bits per heavy atom. The lowest BCUT2D eigenvalue weighted by atomic mass is 10.2. The SMILES string of the molecule is CCCO[C@@H](C)CNC(=O)Nc1cccc(N(C)C)c1. The first-order valence-corrected chi connectivity index (χ1v) is 6.96. The summed E-state index contributed by atoms with van der Waals surface area (Å²) in [7, 11) is 3.93. The number of carbonyl (C=O) groups is 1. The molecule has 1 atom stereocenters. The fourth-order valence-corrected chi connectivity index (χ4v) is 1.65. The normalized spacial score (nSPS) is 11.8. The monoisotopic (exact) mass is 279 g/mol. The minimum atomic E-state index is -0.215.